The van der Waals surface area contributed by atoms with Crippen LogP contribution in [0.1, 0.15) is 12.0 Å². The van der Waals surface area contributed by atoms with Gasteiger partial charge in [0.05, 0.1) is 25.0 Å². The van der Waals surface area contributed by atoms with Crippen molar-refractivity contribution in [1.29, 1.82) is 0 Å². The normalized spacial score (nSPS) is 16.3. The quantitative estimate of drug-likeness (QED) is 0.667. The van der Waals surface area contributed by atoms with E-state index in [0.717, 1.165) is 11.8 Å². The first-order chi connectivity index (χ1) is 14.7. The molecule has 0 aromatic heterocycles. The van der Waals surface area contributed by atoms with Crippen molar-refractivity contribution in [3.05, 3.63) is 48.0 Å². The first kappa shape index (κ1) is 22.6. The van der Waals surface area contributed by atoms with Crippen LogP contribution in [-0.2, 0) is 25.8 Å². The molecule has 0 unspecified atom stereocenters. The molecule has 2 amide bonds. The number of carbonyl (C=O) groups is 2. The number of ether oxygens (including phenoxy) is 2. The van der Waals surface area contributed by atoms with E-state index in [2.05, 4.69) is 5.32 Å². The minimum atomic E-state index is -3.29. The smallest absolute Gasteiger partial charge is 0.229 e. The summed E-state index contributed by atoms with van der Waals surface area (Å²) < 4.78 is 33.6. The Balaban J connectivity index is 1.56. The van der Waals surface area contributed by atoms with Crippen LogP contribution in [0, 0.1) is 5.92 Å². The molecule has 3 rings (SSSR count). The molecule has 9 heteroatoms. The van der Waals surface area contributed by atoms with Crippen molar-refractivity contribution in [1.82, 2.24) is 4.90 Å². The highest BCUT2D eigenvalue weighted by atomic mass is 32.2. The molecule has 0 radical (unpaired) electrons. The number of hydrogen-bond acceptors (Lipinski definition) is 6. The molecular weight excluding hydrogens is 420 g/mol. The molecule has 1 heterocycles. The van der Waals surface area contributed by atoms with Gasteiger partial charge in [0.15, 0.2) is 21.3 Å². The van der Waals surface area contributed by atoms with Gasteiger partial charge in [-0.05, 0) is 48.4 Å². The van der Waals surface area contributed by atoms with E-state index in [-0.39, 0.29) is 23.1 Å². The summed E-state index contributed by atoms with van der Waals surface area (Å²) in [6.45, 7) is 0.848. The first-order valence-corrected chi connectivity index (χ1v) is 11.7. The van der Waals surface area contributed by atoms with Gasteiger partial charge in [-0.25, -0.2) is 8.42 Å². The summed E-state index contributed by atoms with van der Waals surface area (Å²) in [6.07, 6.45) is 1.91. The monoisotopic (exact) mass is 446 g/mol. The van der Waals surface area contributed by atoms with Crippen LogP contribution < -0.4 is 14.8 Å². The Kier molecular flexibility index (Phi) is 6.84. The minimum Gasteiger partial charge on any atom is -0.493 e. The Morgan fingerprint density at radius 1 is 1.10 bits per heavy atom. The zero-order valence-electron chi connectivity index (χ0n) is 17.8. The molecule has 0 saturated carbocycles. The van der Waals surface area contributed by atoms with E-state index in [1.807, 2.05) is 18.2 Å². The van der Waals surface area contributed by atoms with Crippen LogP contribution in [0.3, 0.4) is 0 Å². The molecule has 1 N–H and O–H groups in total. The zero-order chi connectivity index (χ0) is 22.6. The molecule has 8 nitrogen and oxygen atoms in total. The molecule has 0 bridgehead atoms. The molecule has 166 valence electrons. The second-order valence-corrected chi connectivity index (χ2v) is 9.48. The molecule has 0 spiro atoms. The molecule has 2 aromatic rings. The standard InChI is InChI=1S/C22H26N2O6S/c1-29-19-9-4-15(12-20(19)30-2)10-11-24-14-16(13-21(24)25)22(26)23-17-5-7-18(8-6-17)31(3,27)28/h4-9,12,16H,10-11,13-14H2,1-3H3,(H,23,26)/t16-/m1/s1. The summed E-state index contributed by atoms with van der Waals surface area (Å²) in [5, 5.41) is 2.76. The van der Waals surface area contributed by atoms with Gasteiger partial charge in [0.2, 0.25) is 11.8 Å². The third kappa shape index (κ3) is 5.55. The minimum absolute atomic E-state index is 0.0620. The number of nitrogens with one attached hydrogen (secondary N) is 1. The lowest BCUT2D eigenvalue weighted by Crippen LogP contribution is -2.30. The van der Waals surface area contributed by atoms with E-state index < -0.39 is 15.8 Å². The number of nitrogens with zero attached hydrogens (tertiary/aromatic N) is 1. The van der Waals surface area contributed by atoms with E-state index in [0.29, 0.717) is 36.7 Å². The molecule has 0 aliphatic carbocycles. The van der Waals surface area contributed by atoms with Gasteiger partial charge < -0.3 is 19.7 Å². The van der Waals surface area contributed by atoms with E-state index in [1.165, 1.54) is 12.1 Å². The van der Waals surface area contributed by atoms with Crippen molar-refractivity contribution in [2.24, 2.45) is 5.92 Å². The summed E-state index contributed by atoms with van der Waals surface area (Å²) >= 11 is 0. The molecule has 1 aliphatic rings. The number of methoxy groups -OCH3 is 2. The van der Waals surface area contributed by atoms with Gasteiger partial charge >= 0.3 is 0 Å². The van der Waals surface area contributed by atoms with Gasteiger partial charge in [0.1, 0.15) is 0 Å². The van der Waals surface area contributed by atoms with Gasteiger partial charge in [0.25, 0.3) is 0 Å². The summed E-state index contributed by atoms with van der Waals surface area (Å²) in [4.78, 5) is 26.8. The van der Waals surface area contributed by atoms with Gasteiger partial charge in [-0.15, -0.1) is 0 Å². The summed E-state index contributed by atoms with van der Waals surface area (Å²) in [6, 6.07) is 11.6. The van der Waals surface area contributed by atoms with Gasteiger partial charge in [-0.1, -0.05) is 6.07 Å². The number of rotatable bonds is 8. The number of sulfone groups is 1. The number of carbonyl (C=O) groups excluding carboxylic acids is 2. The topological polar surface area (TPSA) is 102 Å². The predicted molar refractivity (Wildman–Crippen MR) is 116 cm³/mol. The highest BCUT2D eigenvalue weighted by molar-refractivity contribution is 7.90. The van der Waals surface area contributed by atoms with Crippen LogP contribution in [0.5, 0.6) is 11.5 Å². The van der Waals surface area contributed by atoms with E-state index in [4.69, 9.17) is 9.47 Å². The maximum absolute atomic E-state index is 12.6. The summed E-state index contributed by atoms with van der Waals surface area (Å²) in [5.41, 5.74) is 1.50. The Morgan fingerprint density at radius 2 is 1.77 bits per heavy atom. The number of likely N-dealkylation sites (tertiary alicyclic amines) is 1. The second kappa shape index (κ2) is 9.38. The van der Waals surface area contributed by atoms with Crippen LogP contribution in [-0.4, -0.2) is 58.7 Å². The molecule has 1 saturated heterocycles. The van der Waals surface area contributed by atoms with Crippen LogP contribution in [0.25, 0.3) is 0 Å². The molecule has 31 heavy (non-hydrogen) atoms. The molecule has 1 fully saturated rings. The van der Waals surface area contributed by atoms with E-state index >= 15 is 0 Å². The first-order valence-electron chi connectivity index (χ1n) is 9.81. The van der Waals surface area contributed by atoms with Gasteiger partial charge in [-0.3, -0.25) is 9.59 Å². The van der Waals surface area contributed by atoms with E-state index in [9.17, 15) is 18.0 Å². The van der Waals surface area contributed by atoms with Gasteiger partial charge in [0, 0.05) is 31.5 Å². The number of anilines is 1. The number of hydrogen-bond donors (Lipinski definition) is 1. The van der Waals surface area contributed by atoms with E-state index in [1.54, 1.807) is 31.3 Å². The molecule has 1 aliphatic heterocycles. The molecule has 1 atom stereocenters. The lowest BCUT2D eigenvalue weighted by molar-refractivity contribution is -0.128. The Labute approximate surface area is 182 Å². The van der Waals surface area contributed by atoms with Crippen LogP contribution in [0.2, 0.25) is 0 Å². The van der Waals surface area contributed by atoms with Crippen LogP contribution in [0.4, 0.5) is 5.69 Å². The highest BCUT2D eigenvalue weighted by Crippen LogP contribution is 2.28. The zero-order valence-corrected chi connectivity index (χ0v) is 18.6. The van der Waals surface area contributed by atoms with Crippen LogP contribution in [0.15, 0.2) is 47.4 Å². The van der Waals surface area contributed by atoms with Crippen molar-refractivity contribution in [2.75, 3.05) is 38.9 Å². The third-order valence-corrected chi connectivity index (χ3v) is 6.38. The Hall–Kier alpha value is -3.07. The maximum Gasteiger partial charge on any atom is 0.229 e. The Morgan fingerprint density at radius 3 is 2.39 bits per heavy atom. The molecule has 2 aromatic carbocycles. The van der Waals surface area contributed by atoms with Crippen molar-refractivity contribution >= 4 is 27.3 Å². The van der Waals surface area contributed by atoms with Gasteiger partial charge in [-0.2, -0.15) is 0 Å². The van der Waals surface area contributed by atoms with Crippen molar-refractivity contribution in [2.45, 2.75) is 17.7 Å². The SMILES string of the molecule is COc1ccc(CCN2C[C@H](C(=O)Nc3ccc(S(C)(=O)=O)cc3)CC2=O)cc1OC. The lowest BCUT2D eigenvalue weighted by Gasteiger charge is -2.17. The number of benzene rings is 2. The maximum atomic E-state index is 12.6. The fourth-order valence-corrected chi connectivity index (χ4v) is 4.12. The highest BCUT2D eigenvalue weighted by Gasteiger charge is 2.34. The fraction of sp³-hybridized carbons (Fsp3) is 0.364. The van der Waals surface area contributed by atoms with Crippen LogP contribution >= 0.6 is 0 Å². The van der Waals surface area contributed by atoms with Crippen molar-refractivity contribution in [3.63, 3.8) is 0 Å². The predicted octanol–water partition coefficient (Wildman–Crippen LogP) is 2.14. The van der Waals surface area contributed by atoms with Crippen molar-refractivity contribution in [3.8, 4) is 11.5 Å². The number of amides is 2. The summed E-state index contributed by atoms with van der Waals surface area (Å²) in [5.74, 6) is 0.506. The average Bonchev–Trinajstić information content (AvgIpc) is 3.12. The Bertz CT molecular complexity index is 1070. The fourth-order valence-electron chi connectivity index (χ4n) is 3.49. The average molecular weight is 447 g/mol. The second-order valence-electron chi connectivity index (χ2n) is 7.47. The molecular formula is C22H26N2O6S. The van der Waals surface area contributed by atoms with Crippen molar-refractivity contribution < 1.29 is 27.5 Å². The summed E-state index contributed by atoms with van der Waals surface area (Å²) in [7, 11) is -0.147. The lowest BCUT2D eigenvalue weighted by atomic mass is 10.1. The largest absolute Gasteiger partial charge is 0.493 e. The third-order valence-electron chi connectivity index (χ3n) is 5.25.